The standard InChI is InChI=1S/C43H39N9O6/c1-25-19-30-34(50(2)43(25)56)21-37(51-15-17-57-18-16-51)48-40(30)52-14-4-6-32-35(52)23-46-39(47-32)27-8-10-33(45-22-27)42(55)44-13-3-5-26-7-11-36-29(20-26)31(24-58-36)28-9-12-38(53)49-41(28)54/h7-8,10-11,19-24,28H,4,6,9,12-18H2,1-2H3,(H,44,55)(H,49,53,54)/t28-/m1/s1. The Kier molecular flexibility index (Phi) is 9.62. The van der Waals surface area contributed by atoms with Crippen LogP contribution in [0.2, 0.25) is 0 Å². The highest BCUT2D eigenvalue weighted by atomic mass is 16.5. The number of nitrogens with one attached hydrogen (secondary N) is 2. The zero-order valence-corrected chi connectivity index (χ0v) is 32.0. The van der Waals surface area contributed by atoms with Crippen molar-refractivity contribution in [1.82, 2.24) is 35.1 Å². The van der Waals surface area contributed by atoms with E-state index in [1.807, 2.05) is 37.4 Å². The molecule has 58 heavy (non-hydrogen) atoms. The van der Waals surface area contributed by atoms with Gasteiger partial charge < -0.3 is 28.8 Å². The summed E-state index contributed by atoms with van der Waals surface area (Å²) < 4.78 is 12.9. The number of piperidine rings is 1. The van der Waals surface area contributed by atoms with E-state index in [9.17, 15) is 19.2 Å². The number of carbonyl (C=O) groups is 3. The van der Waals surface area contributed by atoms with Crippen molar-refractivity contribution in [1.29, 1.82) is 0 Å². The molecule has 2 saturated heterocycles. The van der Waals surface area contributed by atoms with E-state index >= 15 is 0 Å². The number of benzene rings is 1. The molecule has 2 N–H and O–H groups in total. The van der Waals surface area contributed by atoms with Crippen LogP contribution in [-0.2, 0) is 27.8 Å². The van der Waals surface area contributed by atoms with Gasteiger partial charge >= 0.3 is 0 Å². The summed E-state index contributed by atoms with van der Waals surface area (Å²) in [5.41, 5.74) is 6.09. The van der Waals surface area contributed by atoms with Gasteiger partial charge in [0.25, 0.3) is 11.5 Å². The number of anilines is 3. The van der Waals surface area contributed by atoms with Crippen molar-refractivity contribution in [2.24, 2.45) is 7.05 Å². The first-order valence-electron chi connectivity index (χ1n) is 19.3. The predicted molar refractivity (Wildman–Crippen MR) is 216 cm³/mol. The maximum absolute atomic E-state index is 13.0. The molecule has 1 aromatic carbocycles. The van der Waals surface area contributed by atoms with E-state index in [4.69, 9.17) is 24.1 Å². The molecule has 0 bridgehead atoms. The molecule has 5 aromatic heterocycles. The van der Waals surface area contributed by atoms with Gasteiger partial charge in [-0.2, -0.15) is 0 Å². The van der Waals surface area contributed by atoms with Crippen molar-refractivity contribution in [3.8, 4) is 23.2 Å². The largest absolute Gasteiger partial charge is 0.464 e. The topological polar surface area (TPSA) is 178 Å². The number of furan rings is 1. The van der Waals surface area contributed by atoms with Gasteiger partial charge in [0.2, 0.25) is 11.8 Å². The van der Waals surface area contributed by atoms with E-state index < -0.39 is 5.92 Å². The number of hydrogen-bond donors (Lipinski definition) is 2. The van der Waals surface area contributed by atoms with Crippen molar-refractivity contribution in [3.63, 3.8) is 0 Å². The van der Waals surface area contributed by atoms with Crippen molar-refractivity contribution in [3.05, 3.63) is 99.6 Å². The number of ether oxygens (including phenoxy) is 1. The number of pyridine rings is 3. The van der Waals surface area contributed by atoms with Crippen LogP contribution in [0.15, 0.2) is 70.3 Å². The van der Waals surface area contributed by atoms with E-state index in [1.165, 1.54) is 0 Å². The summed E-state index contributed by atoms with van der Waals surface area (Å²) in [6, 6.07) is 12.8. The molecule has 0 aliphatic carbocycles. The summed E-state index contributed by atoms with van der Waals surface area (Å²) in [5.74, 6) is 6.64. The molecular weight excluding hydrogens is 739 g/mol. The molecule has 292 valence electrons. The first kappa shape index (κ1) is 36.7. The van der Waals surface area contributed by atoms with Gasteiger partial charge in [0.1, 0.15) is 22.9 Å². The second-order valence-corrected chi connectivity index (χ2v) is 14.6. The number of nitrogens with zero attached hydrogens (tertiary/aromatic N) is 7. The predicted octanol–water partition coefficient (Wildman–Crippen LogP) is 4.06. The highest BCUT2D eigenvalue weighted by molar-refractivity contribution is 6.03. The molecule has 3 amide bonds. The fourth-order valence-corrected chi connectivity index (χ4v) is 7.86. The third kappa shape index (κ3) is 6.92. The van der Waals surface area contributed by atoms with Crippen molar-refractivity contribution < 1.29 is 23.5 Å². The maximum atomic E-state index is 13.0. The summed E-state index contributed by atoms with van der Waals surface area (Å²) >= 11 is 0. The number of morpholine rings is 1. The quantitative estimate of drug-likeness (QED) is 0.183. The third-order valence-electron chi connectivity index (χ3n) is 10.9. The Morgan fingerprint density at radius 3 is 2.66 bits per heavy atom. The first-order valence-corrected chi connectivity index (χ1v) is 19.3. The molecule has 2 fully saturated rings. The van der Waals surface area contributed by atoms with Crippen LogP contribution in [0.25, 0.3) is 33.3 Å². The summed E-state index contributed by atoms with van der Waals surface area (Å²) in [6.45, 7) is 5.29. The normalized spacial score (nSPS) is 16.8. The Bertz CT molecular complexity index is 2760. The molecule has 6 aromatic rings. The van der Waals surface area contributed by atoms with Gasteiger partial charge in [-0.3, -0.25) is 29.5 Å². The molecule has 15 heteroatoms. The second-order valence-electron chi connectivity index (χ2n) is 14.6. The number of hydrogen-bond acceptors (Lipinski definition) is 12. The molecule has 0 saturated carbocycles. The average Bonchev–Trinajstić information content (AvgIpc) is 3.67. The first-order chi connectivity index (χ1) is 28.2. The Morgan fingerprint density at radius 1 is 0.983 bits per heavy atom. The number of aromatic nitrogens is 5. The van der Waals surface area contributed by atoms with Gasteiger partial charge in [-0.25, -0.2) is 15.0 Å². The number of imide groups is 1. The van der Waals surface area contributed by atoms with Gasteiger partial charge in [-0.05, 0) is 62.6 Å². The van der Waals surface area contributed by atoms with Crippen molar-refractivity contribution >= 4 is 56.9 Å². The molecule has 1 atom stereocenters. The Labute approximate surface area is 332 Å². The minimum atomic E-state index is -0.471. The molecule has 8 heterocycles. The fraction of sp³-hybridized carbons (Fsp3) is 0.302. The average molecular weight is 778 g/mol. The second kappa shape index (κ2) is 15.2. The molecule has 3 aliphatic rings. The maximum Gasteiger partial charge on any atom is 0.270 e. The monoisotopic (exact) mass is 777 g/mol. The van der Waals surface area contributed by atoms with Crippen LogP contribution in [0.4, 0.5) is 17.3 Å². The van der Waals surface area contributed by atoms with E-state index in [-0.39, 0.29) is 41.9 Å². The van der Waals surface area contributed by atoms with Crippen LogP contribution >= 0.6 is 0 Å². The SMILES string of the molecule is Cc1cc2c(N3CCCc4nc(-c5ccc(C(=O)NCC#Cc6ccc7occ([C@H]8CCC(=O)NC8=O)c7c6)nc5)ncc43)nc(N3CCOCC3)cc2n(C)c1=O. The van der Waals surface area contributed by atoms with E-state index in [0.29, 0.717) is 67.4 Å². The zero-order valence-electron chi connectivity index (χ0n) is 32.0. The van der Waals surface area contributed by atoms with E-state index in [1.54, 1.807) is 42.3 Å². The molecule has 0 unspecified atom stereocenters. The van der Waals surface area contributed by atoms with Crippen molar-refractivity contribution in [2.45, 2.75) is 38.5 Å². The molecule has 3 aliphatic heterocycles. The lowest BCUT2D eigenvalue weighted by Gasteiger charge is -2.33. The number of carbonyl (C=O) groups excluding carboxylic acids is 3. The Morgan fingerprint density at radius 2 is 1.84 bits per heavy atom. The van der Waals surface area contributed by atoms with Crippen LogP contribution in [0.1, 0.15) is 58.1 Å². The highest BCUT2D eigenvalue weighted by Crippen LogP contribution is 2.38. The Balaban J connectivity index is 0.900. The minimum absolute atomic E-state index is 0.0419. The lowest BCUT2D eigenvalue weighted by atomic mass is 9.90. The third-order valence-corrected chi connectivity index (χ3v) is 10.9. The summed E-state index contributed by atoms with van der Waals surface area (Å²) in [4.78, 5) is 73.7. The number of amides is 3. The summed E-state index contributed by atoms with van der Waals surface area (Å²) in [5, 5.41) is 6.84. The van der Waals surface area contributed by atoms with Crippen LogP contribution < -0.4 is 26.0 Å². The molecule has 15 nitrogen and oxygen atoms in total. The summed E-state index contributed by atoms with van der Waals surface area (Å²) in [6.07, 6.45) is 7.27. The van der Waals surface area contributed by atoms with Gasteiger partial charge in [-0.15, -0.1) is 0 Å². The van der Waals surface area contributed by atoms with Gasteiger partial charge in [0.05, 0.1) is 55.0 Å². The molecule has 0 radical (unpaired) electrons. The van der Waals surface area contributed by atoms with Crippen LogP contribution in [0.3, 0.4) is 0 Å². The smallest absolute Gasteiger partial charge is 0.270 e. The highest BCUT2D eigenvalue weighted by Gasteiger charge is 2.31. The lowest BCUT2D eigenvalue weighted by Crippen LogP contribution is -2.39. The number of fused-ring (bicyclic) bond motifs is 3. The Hall–Kier alpha value is -6.92. The van der Waals surface area contributed by atoms with Gasteiger partial charge in [0, 0.05) is 78.4 Å². The minimum Gasteiger partial charge on any atom is -0.464 e. The molecule has 0 spiro atoms. The van der Waals surface area contributed by atoms with Crippen molar-refractivity contribution in [2.75, 3.05) is 49.2 Å². The zero-order chi connectivity index (χ0) is 39.9. The van der Waals surface area contributed by atoms with Crippen LogP contribution in [0.5, 0.6) is 0 Å². The van der Waals surface area contributed by atoms with Gasteiger partial charge in [0.15, 0.2) is 5.82 Å². The van der Waals surface area contributed by atoms with Crippen LogP contribution in [0, 0.1) is 18.8 Å². The summed E-state index contributed by atoms with van der Waals surface area (Å²) in [7, 11) is 1.80. The van der Waals surface area contributed by atoms with Crippen LogP contribution in [-0.4, -0.2) is 81.6 Å². The number of aryl methyl sites for hydroxylation is 3. The lowest BCUT2D eigenvalue weighted by molar-refractivity contribution is -0.134. The molecular formula is C43H39N9O6. The molecule has 9 rings (SSSR count). The fourth-order valence-electron chi connectivity index (χ4n) is 7.86. The number of rotatable bonds is 6. The van der Waals surface area contributed by atoms with E-state index in [0.717, 1.165) is 57.7 Å². The van der Waals surface area contributed by atoms with E-state index in [2.05, 4.69) is 37.3 Å². The van der Waals surface area contributed by atoms with Gasteiger partial charge in [-0.1, -0.05) is 11.8 Å².